The van der Waals surface area contributed by atoms with Gasteiger partial charge in [-0.2, -0.15) is 0 Å². The minimum Gasteiger partial charge on any atom is -0.206 e. The lowest BCUT2D eigenvalue weighted by atomic mass is 10.0. The fourth-order valence-electron chi connectivity index (χ4n) is 1.90. The Kier molecular flexibility index (Phi) is 3.43. The highest BCUT2D eigenvalue weighted by molar-refractivity contribution is 5.86. The molecule has 0 aliphatic carbocycles. The predicted octanol–water partition coefficient (Wildman–Crippen LogP) is 4.44. The molecule has 19 heavy (non-hydrogen) atoms. The zero-order valence-electron chi connectivity index (χ0n) is 9.47. The van der Waals surface area contributed by atoms with Crippen LogP contribution in [-0.4, -0.2) is 0 Å². The molecule has 0 saturated carbocycles. The number of hydrogen-bond donors (Lipinski definition) is 0. The van der Waals surface area contributed by atoms with Crippen molar-refractivity contribution in [3.8, 4) is 0 Å². The van der Waals surface area contributed by atoms with Crippen molar-refractivity contribution in [2.45, 2.75) is 12.8 Å². The Bertz CT molecular complexity index is 662. The van der Waals surface area contributed by atoms with Gasteiger partial charge in [0.15, 0.2) is 23.3 Å². The molecular formula is C13H7F6. The largest absolute Gasteiger partial charge is 0.206 e. The normalized spacial score (nSPS) is 11.3. The van der Waals surface area contributed by atoms with E-state index >= 15 is 0 Å². The first kappa shape index (κ1) is 13.7. The van der Waals surface area contributed by atoms with Gasteiger partial charge in [0.2, 0.25) is 0 Å². The van der Waals surface area contributed by atoms with Gasteiger partial charge < -0.3 is 0 Å². The summed E-state index contributed by atoms with van der Waals surface area (Å²) in [6.45, 7) is 3.34. The van der Waals surface area contributed by atoms with Gasteiger partial charge in [0, 0.05) is 11.6 Å². The van der Waals surface area contributed by atoms with E-state index in [-0.39, 0.29) is 18.9 Å². The quantitative estimate of drug-likeness (QED) is 0.562. The van der Waals surface area contributed by atoms with Gasteiger partial charge in [-0.1, -0.05) is 6.92 Å². The van der Waals surface area contributed by atoms with E-state index in [1.807, 2.05) is 0 Å². The third-order valence-corrected chi connectivity index (χ3v) is 2.76. The molecule has 0 atom stereocenters. The molecule has 0 amide bonds. The average Bonchev–Trinajstić information content (AvgIpc) is 2.36. The molecule has 0 nitrogen and oxygen atoms in total. The summed E-state index contributed by atoms with van der Waals surface area (Å²) < 4.78 is 80.9. The van der Waals surface area contributed by atoms with Crippen molar-refractivity contribution >= 4 is 10.8 Å². The Morgan fingerprint density at radius 2 is 1.37 bits per heavy atom. The lowest BCUT2D eigenvalue weighted by Crippen LogP contribution is -2.05. The molecule has 0 unspecified atom stereocenters. The molecule has 0 saturated heterocycles. The molecule has 6 heteroatoms. The number of fused-ring (bicyclic) bond motifs is 1. The number of rotatable bonds is 2. The summed E-state index contributed by atoms with van der Waals surface area (Å²) in [7, 11) is 0. The monoisotopic (exact) mass is 277 g/mol. The van der Waals surface area contributed by atoms with Crippen molar-refractivity contribution in [2.24, 2.45) is 0 Å². The highest BCUT2D eigenvalue weighted by atomic mass is 19.2. The van der Waals surface area contributed by atoms with E-state index in [4.69, 9.17) is 0 Å². The first-order valence-corrected chi connectivity index (χ1v) is 5.31. The van der Waals surface area contributed by atoms with Gasteiger partial charge in [-0.05, 0) is 12.8 Å². The van der Waals surface area contributed by atoms with Crippen molar-refractivity contribution < 1.29 is 26.3 Å². The van der Waals surface area contributed by atoms with Gasteiger partial charge in [0.1, 0.15) is 11.6 Å². The number of benzene rings is 2. The molecule has 0 heterocycles. The number of hydrogen-bond acceptors (Lipinski definition) is 0. The highest BCUT2D eigenvalue weighted by Gasteiger charge is 2.26. The van der Waals surface area contributed by atoms with E-state index in [9.17, 15) is 26.3 Å². The number of halogens is 6. The maximum Gasteiger partial charge on any atom is 0.170 e. The van der Waals surface area contributed by atoms with Crippen molar-refractivity contribution in [3.05, 3.63) is 53.5 Å². The van der Waals surface area contributed by atoms with Crippen molar-refractivity contribution in [3.63, 3.8) is 0 Å². The van der Waals surface area contributed by atoms with Crippen LogP contribution >= 0.6 is 0 Å². The highest BCUT2D eigenvalue weighted by Crippen LogP contribution is 2.33. The topological polar surface area (TPSA) is 0 Å². The SMILES string of the molecule is [CH2]CCc1c(F)c(F)c2c(F)c(F)cc(F)c2c1F. The van der Waals surface area contributed by atoms with Gasteiger partial charge in [-0.15, -0.1) is 0 Å². The molecule has 101 valence electrons. The second kappa shape index (κ2) is 4.75. The summed E-state index contributed by atoms with van der Waals surface area (Å²) >= 11 is 0. The van der Waals surface area contributed by atoms with E-state index in [0.717, 1.165) is 0 Å². The summed E-state index contributed by atoms with van der Waals surface area (Å²) in [5.41, 5.74) is -0.732. The van der Waals surface area contributed by atoms with Crippen molar-refractivity contribution in [1.82, 2.24) is 0 Å². The standard InChI is InChI=1S/C13H7F6/c1-2-3-5-10(16)8-6(14)4-7(15)12(18)9(8)13(19)11(5)17/h4H,1-3H2. The zero-order valence-corrected chi connectivity index (χ0v) is 9.47. The molecule has 0 bridgehead atoms. The molecule has 0 N–H and O–H groups in total. The summed E-state index contributed by atoms with van der Waals surface area (Å²) in [5.74, 6) is -9.93. The molecule has 2 aromatic rings. The molecule has 0 aliphatic rings. The third-order valence-electron chi connectivity index (χ3n) is 2.76. The Labute approximate surface area is 104 Å². The van der Waals surface area contributed by atoms with E-state index < -0.39 is 51.2 Å². The summed E-state index contributed by atoms with van der Waals surface area (Å²) in [4.78, 5) is 0. The second-order valence-corrected chi connectivity index (χ2v) is 3.93. The van der Waals surface area contributed by atoms with Crippen LogP contribution in [0.2, 0.25) is 0 Å². The minimum atomic E-state index is -1.83. The molecular weight excluding hydrogens is 270 g/mol. The van der Waals surface area contributed by atoms with Crippen LogP contribution in [0, 0.1) is 41.8 Å². The van der Waals surface area contributed by atoms with Crippen LogP contribution in [0.15, 0.2) is 6.07 Å². The van der Waals surface area contributed by atoms with Crippen molar-refractivity contribution in [2.75, 3.05) is 0 Å². The maximum absolute atomic E-state index is 13.9. The fraction of sp³-hybridized carbons (Fsp3) is 0.154. The molecule has 0 aliphatic heterocycles. The summed E-state index contributed by atoms with van der Waals surface area (Å²) in [6.07, 6.45) is -0.257. The Morgan fingerprint density at radius 3 is 1.95 bits per heavy atom. The predicted molar refractivity (Wildman–Crippen MR) is 57.4 cm³/mol. The van der Waals surface area contributed by atoms with Gasteiger partial charge >= 0.3 is 0 Å². The van der Waals surface area contributed by atoms with E-state index in [0.29, 0.717) is 0 Å². The smallest absolute Gasteiger partial charge is 0.170 e. The van der Waals surface area contributed by atoms with E-state index in [2.05, 4.69) is 6.92 Å². The first-order valence-electron chi connectivity index (χ1n) is 5.31. The van der Waals surface area contributed by atoms with E-state index in [1.54, 1.807) is 0 Å². The van der Waals surface area contributed by atoms with Crippen LogP contribution in [0.25, 0.3) is 10.8 Å². The Hall–Kier alpha value is -1.72. The maximum atomic E-state index is 13.9. The molecule has 0 spiro atoms. The minimum absolute atomic E-state index is 0.0318. The molecule has 0 aromatic heterocycles. The van der Waals surface area contributed by atoms with E-state index in [1.165, 1.54) is 0 Å². The first-order chi connectivity index (χ1) is 8.90. The lowest BCUT2D eigenvalue weighted by molar-refractivity contribution is 0.470. The van der Waals surface area contributed by atoms with Crippen LogP contribution in [0.4, 0.5) is 26.3 Å². The second-order valence-electron chi connectivity index (χ2n) is 3.93. The Morgan fingerprint density at radius 1 is 0.737 bits per heavy atom. The van der Waals surface area contributed by atoms with Crippen molar-refractivity contribution in [1.29, 1.82) is 0 Å². The summed E-state index contributed by atoms with van der Waals surface area (Å²) in [5, 5.41) is -2.46. The van der Waals surface area contributed by atoms with Crippen LogP contribution in [0.5, 0.6) is 0 Å². The van der Waals surface area contributed by atoms with Gasteiger partial charge in [-0.25, -0.2) is 26.3 Å². The van der Waals surface area contributed by atoms with Crippen LogP contribution in [-0.2, 0) is 6.42 Å². The molecule has 1 radical (unpaired) electrons. The third kappa shape index (κ3) is 1.95. The van der Waals surface area contributed by atoms with Crippen LogP contribution in [0.3, 0.4) is 0 Å². The zero-order chi connectivity index (χ0) is 14.3. The van der Waals surface area contributed by atoms with Crippen LogP contribution in [0.1, 0.15) is 12.0 Å². The summed E-state index contributed by atoms with van der Waals surface area (Å²) in [6, 6.07) is 0.0894. The fourth-order valence-corrected chi connectivity index (χ4v) is 1.90. The van der Waals surface area contributed by atoms with Gasteiger partial charge in [0.05, 0.1) is 10.8 Å². The average molecular weight is 277 g/mol. The van der Waals surface area contributed by atoms with Crippen LogP contribution < -0.4 is 0 Å². The van der Waals surface area contributed by atoms with Gasteiger partial charge in [0.25, 0.3) is 0 Å². The lowest BCUT2D eigenvalue weighted by Gasteiger charge is -2.11. The Balaban J connectivity index is 3.02. The molecule has 2 rings (SSSR count). The molecule has 0 fully saturated rings. The molecule has 2 aromatic carbocycles. The van der Waals surface area contributed by atoms with Gasteiger partial charge in [-0.3, -0.25) is 0 Å².